The van der Waals surface area contributed by atoms with Crippen LogP contribution in [0.2, 0.25) is 5.15 Å². The molecule has 2 aliphatic rings. The van der Waals surface area contributed by atoms with Crippen LogP contribution in [0.4, 0.5) is 5.82 Å². The number of anilines is 1. The first kappa shape index (κ1) is 23.7. The van der Waals surface area contributed by atoms with E-state index in [1.54, 1.807) is 23.1 Å². The van der Waals surface area contributed by atoms with Gasteiger partial charge in [-0.05, 0) is 55.5 Å². The van der Waals surface area contributed by atoms with E-state index in [2.05, 4.69) is 20.7 Å². The average molecular weight is 511 g/mol. The number of aromatic carboxylic acids is 1. The summed E-state index contributed by atoms with van der Waals surface area (Å²) in [6, 6.07) is 8.41. The van der Waals surface area contributed by atoms with E-state index in [-0.39, 0.29) is 46.7 Å². The molecule has 186 valence electrons. The Hall–Kier alpha value is -3.99. The second-order valence-electron chi connectivity index (χ2n) is 8.93. The number of hydrogen-bond acceptors (Lipinski definition) is 6. The number of benzene rings is 1. The van der Waals surface area contributed by atoms with Gasteiger partial charge in [-0.1, -0.05) is 17.7 Å². The van der Waals surface area contributed by atoms with Crippen molar-refractivity contribution in [2.24, 2.45) is 5.92 Å². The molecule has 1 aliphatic carbocycles. The summed E-state index contributed by atoms with van der Waals surface area (Å²) in [4.78, 5) is 56.4. The van der Waals surface area contributed by atoms with Gasteiger partial charge in [-0.2, -0.15) is 5.10 Å². The molecule has 36 heavy (non-hydrogen) atoms. The molecule has 5 rings (SSSR count). The Bertz CT molecular complexity index is 1400. The largest absolute Gasteiger partial charge is 0.478 e. The van der Waals surface area contributed by atoms with Gasteiger partial charge in [-0.3, -0.25) is 19.1 Å². The monoisotopic (exact) mass is 510 g/mol. The van der Waals surface area contributed by atoms with Gasteiger partial charge in [-0.25, -0.2) is 9.78 Å². The SMILES string of the molecule is CNC(=O)c1nn(CC(=O)N2[C@@H]3CC[C@@H](C3)[C@H]2C(=O)Nc2cccc(Cl)n2)c2cc(C(=O)O)ccc12. The van der Waals surface area contributed by atoms with Crippen LogP contribution in [-0.2, 0) is 16.1 Å². The molecule has 0 radical (unpaired) electrons. The summed E-state index contributed by atoms with van der Waals surface area (Å²) in [6.07, 6.45) is 2.35. The number of halogens is 1. The smallest absolute Gasteiger partial charge is 0.335 e. The number of carbonyl (C=O) groups is 4. The molecule has 1 aliphatic heterocycles. The van der Waals surface area contributed by atoms with E-state index in [1.165, 1.54) is 29.9 Å². The van der Waals surface area contributed by atoms with Crippen LogP contribution in [0.3, 0.4) is 0 Å². The summed E-state index contributed by atoms with van der Waals surface area (Å²) in [5, 5.41) is 19.7. The molecule has 3 heterocycles. The van der Waals surface area contributed by atoms with Gasteiger partial charge in [0.15, 0.2) is 5.69 Å². The highest BCUT2D eigenvalue weighted by Gasteiger charge is 2.51. The third kappa shape index (κ3) is 4.15. The van der Waals surface area contributed by atoms with Crippen LogP contribution in [-0.4, -0.2) is 67.6 Å². The van der Waals surface area contributed by atoms with Crippen molar-refractivity contribution >= 4 is 52.0 Å². The van der Waals surface area contributed by atoms with Crippen molar-refractivity contribution in [1.29, 1.82) is 0 Å². The quantitative estimate of drug-likeness (QED) is 0.430. The highest BCUT2D eigenvalue weighted by Crippen LogP contribution is 2.43. The first-order valence-corrected chi connectivity index (χ1v) is 11.8. The van der Waals surface area contributed by atoms with E-state index >= 15 is 0 Å². The lowest BCUT2D eigenvalue weighted by Crippen LogP contribution is -2.52. The molecule has 0 unspecified atom stereocenters. The summed E-state index contributed by atoms with van der Waals surface area (Å²) < 4.78 is 1.33. The van der Waals surface area contributed by atoms with E-state index in [4.69, 9.17) is 11.6 Å². The molecule has 3 atom stereocenters. The Labute approximate surface area is 210 Å². The van der Waals surface area contributed by atoms with Crippen LogP contribution >= 0.6 is 11.6 Å². The third-order valence-electron chi connectivity index (χ3n) is 6.83. The van der Waals surface area contributed by atoms with Crippen molar-refractivity contribution in [2.75, 3.05) is 12.4 Å². The predicted molar refractivity (Wildman–Crippen MR) is 130 cm³/mol. The lowest BCUT2D eigenvalue weighted by molar-refractivity contribution is -0.141. The third-order valence-corrected chi connectivity index (χ3v) is 7.04. The Morgan fingerprint density at radius 3 is 2.69 bits per heavy atom. The Morgan fingerprint density at radius 2 is 1.97 bits per heavy atom. The number of amides is 3. The minimum atomic E-state index is -1.14. The number of carboxylic acid groups (broad SMARTS) is 1. The maximum Gasteiger partial charge on any atom is 0.335 e. The molecule has 1 saturated heterocycles. The summed E-state index contributed by atoms with van der Waals surface area (Å²) in [5.74, 6) is -1.95. The molecule has 2 aromatic heterocycles. The van der Waals surface area contributed by atoms with Gasteiger partial charge in [0.25, 0.3) is 5.91 Å². The van der Waals surface area contributed by atoms with E-state index in [0.29, 0.717) is 16.7 Å². The lowest BCUT2D eigenvalue weighted by atomic mass is 9.97. The van der Waals surface area contributed by atoms with Gasteiger partial charge in [0.05, 0.1) is 11.1 Å². The maximum atomic E-state index is 13.6. The average Bonchev–Trinajstić information content (AvgIpc) is 3.56. The summed E-state index contributed by atoms with van der Waals surface area (Å²) >= 11 is 5.93. The summed E-state index contributed by atoms with van der Waals surface area (Å²) in [5.41, 5.74) is 0.433. The number of carboxylic acids is 1. The molecule has 3 N–H and O–H groups in total. The van der Waals surface area contributed by atoms with Crippen LogP contribution in [0.1, 0.15) is 40.1 Å². The molecule has 2 bridgehead atoms. The van der Waals surface area contributed by atoms with Crippen molar-refractivity contribution in [1.82, 2.24) is 25.0 Å². The van der Waals surface area contributed by atoms with Gasteiger partial charge < -0.3 is 20.6 Å². The predicted octanol–water partition coefficient (Wildman–Crippen LogP) is 2.16. The van der Waals surface area contributed by atoms with Crippen LogP contribution < -0.4 is 10.6 Å². The molecular weight excluding hydrogens is 488 g/mol. The molecule has 2 fully saturated rings. The van der Waals surface area contributed by atoms with Crippen LogP contribution in [0.25, 0.3) is 10.9 Å². The molecule has 1 saturated carbocycles. The number of nitrogens with one attached hydrogen (secondary N) is 2. The number of rotatable bonds is 6. The van der Waals surface area contributed by atoms with Crippen LogP contribution in [0.15, 0.2) is 36.4 Å². The molecule has 12 heteroatoms. The number of aromatic nitrogens is 3. The van der Waals surface area contributed by atoms with E-state index in [1.807, 2.05) is 0 Å². The van der Waals surface area contributed by atoms with Gasteiger partial charge in [0.2, 0.25) is 11.8 Å². The minimum Gasteiger partial charge on any atom is -0.478 e. The van der Waals surface area contributed by atoms with E-state index in [9.17, 15) is 24.3 Å². The maximum absolute atomic E-state index is 13.6. The highest BCUT2D eigenvalue weighted by molar-refractivity contribution is 6.29. The Balaban J connectivity index is 1.45. The van der Waals surface area contributed by atoms with Gasteiger partial charge in [0, 0.05) is 18.5 Å². The van der Waals surface area contributed by atoms with Crippen molar-refractivity contribution in [2.45, 2.75) is 37.9 Å². The van der Waals surface area contributed by atoms with Crippen molar-refractivity contribution in [3.05, 3.63) is 52.8 Å². The zero-order chi connectivity index (χ0) is 25.6. The number of carbonyl (C=O) groups excluding carboxylic acids is 3. The number of piperidine rings is 1. The topological polar surface area (TPSA) is 147 Å². The number of likely N-dealkylation sites (tertiary alicyclic amines) is 1. The fraction of sp³-hybridized carbons (Fsp3) is 0.333. The highest BCUT2D eigenvalue weighted by atomic mass is 35.5. The van der Waals surface area contributed by atoms with Crippen molar-refractivity contribution in [3.8, 4) is 0 Å². The lowest BCUT2D eigenvalue weighted by Gasteiger charge is -2.34. The first-order chi connectivity index (χ1) is 17.3. The minimum absolute atomic E-state index is 0.00561. The summed E-state index contributed by atoms with van der Waals surface area (Å²) in [7, 11) is 1.46. The molecule has 3 amide bonds. The van der Waals surface area contributed by atoms with E-state index < -0.39 is 17.9 Å². The second kappa shape index (κ2) is 9.23. The molecule has 0 spiro atoms. The Kier molecular flexibility index (Phi) is 6.09. The number of fused-ring (bicyclic) bond motifs is 3. The standard InChI is InChI=1S/C24H23ClN6O5/c1-26-22(33)20-15-8-6-13(24(35)36)10-16(15)30(29-20)11-19(32)31-14-7-5-12(9-14)21(31)23(34)28-18-4-2-3-17(25)27-18/h2-4,6,8,10,12,14,21H,5,7,9,11H2,1H3,(H,26,33)(H,35,36)(H,27,28,34)/t12-,14+,21-/m0/s1. The van der Waals surface area contributed by atoms with E-state index in [0.717, 1.165) is 19.3 Å². The first-order valence-electron chi connectivity index (χ1n) is 11.5. The number of pyridine rings is 1. The fourth-order valence-electron chi connectivity index (χ4n) is 5.29. The second-order valence-corrected chi connectivity index (χ2v) is 9.32. The molecular formula is C24H23ClN6O5. The number of nitrogens with zero attached hydrogens (tertiary/aromatic N) is 4. The van der Waals surface area contributed by atoms with Gasteiger partial charge in [-0.15, -0.1) is 0 Å². The number of hydrogen-bond donors (Lipinski definition) is 3. The molecule has 1 aromatic carbocycles. The fourth-order valence-corrected chi connectivity index (χ4v) is 5.45. The summed E-state index contributed by atoms with van der Waals surface area (Å²) in [6.45, 7) is -0.251. The zero-order valence-electron chi connectivity index (χ0n) is 19.3. The van der Waals surface area contributed by atoms with Crippen molar-refractivity contribution in [3.63, 3.8) is 0 Å². The van der Waals surface area contributed by atoms with Crippen LogP contribution in [0, 0.1) is 5.92 Å². The van der Waals surface area contributed by atoms with Gasteiger partial charge in [0.1, 0.15) is 23.6 Å². The van der Waals surface area contributed by atoms with Crippen molar-refractivity contribution < 1.29 is 24.3 Å². The van der Waals surface area contributed by atoms with Gasteiger partial charge >= 0.3 is 5.97 Å². The zero-order valence-corrected chi connectivity index (χ0v) is 20.0. The normalized spacial score (nSPS) is 20.5. The molecule has 11 nitrogen and oxygen atoms in total. The Morgan fingerprint density at radius 1 is 1.17 bits per heavy atom. The molecule has 3 aromatic rings. The van der Waals surface area contributed by atoms with Crippen LogP contribution in [0.5, 0.6) is 0 Å².